The fraction of sp³-hybridized carbons (Fsp3) is 0.571. The van der Waals surface area contributed by atoms with Gasteiger partial charge in [-0.2, -0.15) is 0 Å². The van der Waals surface area contributed by atoms with Gasteiger partial charge in [-0.3, -0.25) is 9.69 Å². The SMILES string of the molecule is Cc1cccc(OCC(=O)N2CCN(C3CCCCC3)CC2)c1.O=C(O)C(=O)O. The lowest BCUT2D eigenvalue weighted by atomic mass is 9.94. The Balaban J connectivity index is 0.000000438. The Morgan fingerprint density at radius 1 is 1.00 bits per heavy atom. The van der Waals surface area contributed by atoms with E-state index < -0.39 is 11.9 Å². The van der Waals surface area contributed by atoms with Crippen LogP contribution < -0.4 is 4.74 Å². The minimum atomic E-state index is -1.82. The molecule has 1 amide bonds. The van der Waals surface area contributed by atoms with Gasteiger partial charge in [-0.15, -0.1) is 0 Å². The Labute approximate surface area is 171 Å². The number of ether oxygens (including phenoxy) is 1. The standard InChI is InChI=1S/C19H28N2O2.C2H2O4/c1-16-6-5-9-18(14-16)23-15-19(22)21-12-10-20(11-13-21)17-7-3-2-4-8-17;3-1(4)2(5)6/h5-6,9,14,17H,2-4,7-8,10-13,15H2,1H3;(H,3,4)(H,5,6). The second-order valence-electron chi connectivity index (χ2n) is 7.42. The number of piperazine rings is 1. The van der Waals surface area contributed by atoms with Crippen molar-refractivity contribution >= 4 is 17.8 Å². The van der Waals surface area contributed by atoms with Gasteiger partial charge in [-0.05, 0) is 37.5 Å². The summed E-state index contributed by atoms with van der Waals surface area (Å²) in [5.74, 6) is -2.76. The number of rotatable bonds is 4. The van der Waals surface area contributed by atoms with E-state index in [0.29, 0.717) is 0 Å². The molecule has 1 aliphatic heterocycles. The number of amides is 1. The van der Waals surface area contributed by atoms with Gasteiger partial charge in [-0.1, -0.05) is 31.4 Å². The molecule has 160 valence electrons. The average molecular weight is 406 g/mol. The number of carboxylic acids is 2. The molecule has 2 N–H and O–H groups in total. The van der Waals surface area contributed by atoms with Crippen molar-refractivity contribution in [3.05, 3.63) is 29.8 Å². The number of carbonyl (C=O) groups is 3. The second-order valence-corrected chi connectivity index (χ2v) is 7.42. The molecule has 1 aromatic rings. The van der Waals surface area contributed by atoms with Gasteiger partial charge in [0.15, 0.2) is 6.61 Å². The number of nitrogens with zero attached hydrogens (tertiary/aromatic N) is 2. The quantitative estimate of drug-likeness (QED) is 0.737. The highest BCUT2D eigenvalue weighted by molar-refractivity contribution is 6.27. The van der Waals surface area contributed by atoms with Crippen molar-refractivity contribution in [1.29, 1.82) is 0 Å². The Morgan fingerprint density at radius 2 is 1.62 bits per heavy atom. The van der Waals surface area contributed by atoms with Gasteiger partial charge in [0, 0.05) is 32.2 Å². The van der Waals surface area contributed by atoms with Crippen molar-refractivity contribution in [3.63, 3.8) is 0 Å². The Morgan fingerprint density at radius 3 is 2.17 bits per heavy atom. The molecule has 8 nitrogen and oxygen atoms in total. The molecule has 0 bridgehead atoms. The van der Waals surface area contributed by atoms with Crippen LogP contribution in [0.2, 0.25) is 0 Å². The van der Waals surface area contributed by atoms with Crippen molar-refractivity contribution < 1.29 is 29.3 Å². The Bertz CT molecular complexity index is 682. The van der Waals surface area contributed by atoms with E-state index in [9.17, 15) is 4.79 Å². The second kappa shape index (κ2) is 11.4. The number of hydrogen-bond acceptors (Lipinski definition) is 5. The highest BCUT2D eigenvalue weighted by Crippen LogP contribution is 2.23. The predicted octanol–water partition coefficient (Wildman–Crippen LogP) is 2.01. The van der Waals surface area contributed by atoms with Crippen molar-refractivity contribution in [2.75, 3.05) is 32.8 Å². The summed E-state index contributed by atoms with van der Waals surface area (Å²) in [6, 6.07) is 8.61. The third-order valence-electron chi connectivity index (χ3n) is 5.29. The molecule has 1 aliphatic carbocycles. The van der Waals surface area contributed by atoms with Gasteiger partial charge in [0.25, 0.3) is 5.91 Å². The summed E-state index contributed by atoms with van der Waals surface area (Å²) < 4.78 is 5.64. The molecule has 1 saturated carbocycles. The van der Waals surface area contributed by atoms with Crippen LogP contribution in [0.4, 0.5) is 0 Å². The van der Waals surface area contributed by atoms with Crippen LogP contribution in [0.1, 0.15) is 37.7 Å². The maximum atomic E-state index is 12.3. The fourth-order valence-corrected chi connectivity index (χ4v) is 3.72. The molecule has 0 unspecified atom stereocenters. The highest BCUT2D eigenvalue weighted by Gasteiger charge is 2.27. The van der Waals surface area contributed by atoms with Crippen LogP contribution in [0, 0.1) is 6.92 Å². The van der Waals surface area contributed by atoms with E-state index >= 15 is 0 Å². The lowest BCUT2D eigenvalue weighted by molar-refractivity contribution is -0.159. The number of aryl methyl sites for hydroxylation is 1. The van der Waals surface area contributed by atoms with E-state index in [1.165, 1.54) is 32.1 Å². The third-order valence-corrected chi connectivity index (χ3v) is 5.29. The number of aliphatic carboxylic acids is 2. The molecule has 8 heteroatoms. The summed E-state index contributed by atoms with van der Waals surface area (Å²) in [5, 5.41) is 14.8. The lowest BCUT2D eigenvalue weighted by Crippen LogP contribution is -2.53. The molecule has 29 heavy (non-hydrogen) atoms. The Hall–Kier alpha value is -2.61. The number of benzene rings is 1. The fourth-order valence-electron chi connectivity index (χ4n) is 3.72. The van der Waals surface area contributed by atoms with Crippen LogP contribution >= 0.6 is 0 Å². The van der Waals surface area contributed by atoms with Crippen LogP contribution in [0.15, 0.2) is 24.3 Å². The molecule has 2 fully saturated rings. The molecule has 0 aromatic heterocycles. The zero-order valence-electron chi connectivity index (χ0n) is 16.9. The first-order valence-corrected chi connectivity index (χ1v) is 10.0. The first-order valence-electron chi connectivity index (χ1n) is 10.0. The summed E-state index contributed by atoms with van der Waals surface area (Å²) in [7, 11) is 0. The van der Waals surface area contributed by atoms with Gasteiger partial charge < -0.3 is 19.8 Å². The Kier molecular flexibility index (Phi) is 8.92. The minimum absolute atomic E-state index is 0.106. The molecule has 1 heterocycles. The monoisotopic (exact) mass is 406 g/mol. The van der Waals surface area contributed by atoms with Gasteiger partial charge in [0.05, 0.1) is 0 Å². The van der Waals surface area contributed by atoms with Crippen LogP contribution in [0.3, 0.4) is 0 Å². The molecule has 1 aromatic carbocycles. The van der Waals surface area contributed by atoms with Crippen LogP contribution in [0.25, 0.3) is 0 Å². The van der Waals surface area contributed by atoms with Gasteiger partial charge >= 0.3 is 11.9 Å². The van der Waals surface area contributed by atoms with E-state index in [0.717, 1.165) is 43.5 Å². The summed E-state index contributed by atoms with van der Waals surface area (Å²) in [6.07, 6.45) is 6.81. The smallest absolute Gasteiger partial charge is 0.414 e. The maximum absolute atomic E-state index is 12.3. The molecule has 0 atom stereocenters. The van der Waals surface area contributed by atoms with Gasteiger partial charge in [-0.25, -0.2) is 9.59 Å². The molecule has 0 radical (unpaired) electrons. The normalized spacial score (nSPS) is 17.8. The van der Waals surface area contributed by atoms with Gasteiger partial charge in [0.1, 0.15) is 5.75 Å². The first kappa shape index (κ1) is 22.7. The molecule has 2 aliphatic rings. The zero-order valence-corrected chi connectivity index (χ0v) is 16.9. The molecular formula is C21H30N2O6. The summed E-state index contributed by atoms with van der Waals surface area (Å²) in [4.78, 5) is 35.1. The topological polar surface area (TPSA) is 107 Å². The van der Waals surface area contributed by atoms with Gasteiger partial charge in [0.2, 0.25) is 0 Å². The van der Waals surface area contributed by atoms with Crippen LogP contribution in [-0.2, 0) is 14.4 Å². The minimum Gasteiger partial charge on any atom is -0.484 e. The van der Waals surface area contributed by atoms with E-state index in [4.69, 9.17) is 24.5 Å². The van der Waals surface area contributed by atoms with Crippen molar-refractivity contribution in [1.82, 2.24) is 9.80 Å². The zero-order chi connectivity index (χ0) is 21.2. The largest absolute Gasteiger partial charge is 0.484 e. The van der Waals surface area contributed by atoms with Crippen molar-refractivity contribution in [2.24, 2.45) is 0 Å². The maximum Gasteiger partial charge on any atom is 0.414 e. The highest BCUT2D eigenvalue weighted by atomic mass is 16.5. The number of hydrogen-bond donors (Lipinski definition) is 2. The first-order chi connectivity index (χ1) is 13.9. The average Bonchev–Trinajstić information content (AvgIpc) is 2.73. The molecule has 0 spiro atoms. The van der Waals surface area contributed by atoms with E-state index in [-0.39, 0.29) is 12.5 Å². The van der Waals surface area contributed by atoms with Crippen molar-refractivity contribution in [2.45, 2.75) is 45.1 Å². The third kappa shape index (κ3) is 7.73. The van der Waals surface area contributed by atoms with E-state index in [1.807, 2.05) is 36.1 Å². The summed E-state index contributed by atoms with van der Waals surface area (Å²) in [6.45, 7) is 5.88. The molecule has 1 saturated heterocycles. The van der Waals surface area contributed by atoms with Crippen LogP contribution in [-0.4, -0.2) is 76.7 Å². The molecule has 3 rings (SSSR count). The number of carboxylic acid groups (broad SMARTS) is 2. The summed E-state index contributed by atoms with van der Waals surface area (Å²) in [5.41, 5.74) is 1.15. The van der Waals surface area contributed by atoms with Crippen LogP contribution in [0.5, 0.6) is 5.75 Å². The van der Waals surface area contributed by atoms with Crippen molar-refractivity contribution in [3.8, 4) is 5.75 Å². The van der Waals surface area contributed by atoms with E-state index in [2.05, 4.69) is 4.90 Å². The number of carbonyl (C=O) groups excluding carboxylic acids is 1. The summed E-state index contributed by atoms with van der Waals surface area (Å²) >= 11 is 0. The predicted molar refractivity (Wildman–Crippen MR) is 107 cm³/mol. The van der Waals surface area contributed by atoms with E-state index in [1.54, 1.807) is 0 Å². The molecular weight excluding hydrogens is 376 g/mol. The lowest BCUT2D eigenvalue weighted by Gasteiger charge is -2.40.